The highest BCUT2D eigenvalue weighted by atomic mass is 16.5. The summed E-state index contributed by atoms with van der Waals surface area (Å²) in [6.07, 6.45) is 1.90. The molecule has 3 rings (SSSR count). The molecule has 0 spiro atoms. The molecule has 2 aliphatic heterocycles. The highest BCUT2D eigenvalue weighted by molar-refractivity contribution is 5.82. The van der Waals surface area contributed by atoms with Gasteiger partial charge in [0.1, 0.15) is 5.75 Å². The lowest BCUT2D eigenvalue weighted by Gasteiger charge is -2.24. The minimum atomic E-state index is -0.871. The van der Waals surface area contributed by atoms with E-state index in [9.17, 15) is 14.7 Å². The lowest BCUT2D eigenvalue weighted by atomic mass is 9.88. The summed E-state index contributed by atoms with van der Waals surface area (Å²) in [6.45, 7) is 3.32. The van der Waals surface area contributed by atoms with Crippen molar-refractivity contribution in [2.24, 2.45) is 11.8 Å². The van der Waals surface area contributed by atoms with Gasteiger partial charge in [0.05, 0.1) is 18.9 Å². The molecule has 1 aromatic carbocycles. The number of hydrazine groups is 1. The van der Waals surface area contributed by atoms with Crippen LogP contribution >= 0.6 is 0 Å². The fraction of sp³-hybridized carbons (Fsp3) is 0.579. The molecule has 1 aromatic rings. The number of nitrogens with one attached hydrogen (secondary N) is 2. The second-order valence-corrected chi connectivity index (χ2v) is 7.06. The third kappa shape index (κ3) is 3.54. The van der Waals surface area contributed by atoms with Crippen molar-refractivity contribution < 1.29 is 19.4 Å². The first-order chi connectivity index (χ1) is 12.6. The van der Waals surface area contributed by atoms with Crippen LogP contribution in [0.25, 0.3) is 0 Å². The first kappa shape index (κ1) is 18.7. The summed E-state index contributed by atoms with van der Waals surface area (Å²) in [7, 11) is 1.58. The number of aliphatic carboxylic acids is 1. The average molecular weight is 361 g/mol. The van der Waals surface area contributed by atoms with E-state index in [1.54, 1.807) is 12.0 Å². The topological polar surface area (TPSA) is 90.9 Å². The highest BCUT2D eigenvalue weighted by Gasteiger charge is 2.44. The van der Waals surface area contributed by atoms with E-state index in [0.29, 0.717) is 18.8 Å². The Kier molecular flexibility index (Phi) is 5.78. The number of para-hydroxylation sites is 1. The Morgan fingerprint density at radius 1 is 1.27 bits per heavy atom. The van der Waals surface area contributed by atoms with Gasteiger partial charge in [-0.2, -0.15) is 0 Å². The molecule has 2 fully saturated rings. The summed E-state index contributed by atoms with van der Waals surface area (Å²) < 4.78 is 5.41. The molecule has 7 nitrogen and oxygen atoms in total. The molecule has 2 aliphatic rings. The van der Waals surface area contributed by atoms with Crippen LogP contribution in [0.4, 0.5) is 0 Å². The van der Waals surface area contributed by atoms with Crippen molar-refractivity contribution in [1.29, 1.82) is 0 Å². The molecule has 7 heteroatoms. The monoisotopic (exact) mass is 361 g/mol. The van der Waals surface area contributed by atoms with E-state index in [4.69, 9.17) is 4.74 Å². The van der Waals surface area contributed by atoms with Crippen LogP contribution < -0.4 is 15.6 Å². The Labute approximate surface area is 153 Å². The van der Waals surface area contributed by atoms with Gasteiger partial charge in [-0.3, -0.25) is 20.4 Å². The number of benzene rings is 1. The number of carboxylic acid groups (broad SMARTS) is 1. The first-order valence-corrected chi connectivity index (χ1v) is 9.19. The lowest BCUT2D eigenvalue weighted by Crippen LogP contribution is -2.41. The van der Waals surface area contributed by atoms with Crippen LogP contribution in [-0.2, 0) is 9.59 Å². The Morgan fingerprint density at radius 3 is 2.73 bits per heavy atom. The van der Waals surface area contributed by atoms with Gasteiger partial charge in [0, 0.05) is 31.6 Å². The second-order valence-electron chi connectivity index (χ2n) is 7.06. The Morgan fingerprint density at radius 2 is 2.04 bits per heavy atom. The molecular formula is C19H27N3O4. The molecule has 0 aromatic heterocycles. The number of ether oxygens (including phenoxy) is 1. The van der Waals surface area contributed by atoms with Crippen molar-refractivity contribution in [3.05, 3.63) is 29.8 Å². The van der Waals surface area contributed by atoms with Gasteiger partial charge >= 0.3 is 5.97 Å². The van der Waals surface area contributed by atoms with Crippen molar-refractivity contribution >= 4 is 11.9 Å². The van der Waals surface area contributed by atoms with Gasteiger partial charge < -0.3 is 14.7 Å². The van der Waals surface area contributed by atoms with Crippen molar-refractivity contribution in [3.8, 4) is 5.75 Å². The SMILES string of the molecule is CCCC1NNCC1C(=O)N1C[C@H](C(=O)O)[C@@H](c2ccccc2OC)C1. The van der Waals surface area contributed by atoms with Crippen molar-refractivity contribution in [1.82, 2.24) is 15.8 Å². The predicted octanol–water partition coefficient (Wildman–Crippen LogP) is 1.21. The van der Waals surface area contributed by atoms with Crippen LogP contribution in [0.2, 0.25) is 0 Å². The Hall–Kier alpha value is -2.12. The number of methoxy groups -OCH3 is 1. The number of rotatable bonds is 6. The van der Waals surface area contributed by atoms with Crippen molar-refractivity contribution in [2.75, 3.05) is 26.7 Å². The van der Waals surface area contributed by atoms with Gasteiger partial charge in [0.25, 0.3) is 0 Å². The molecule has 0 radical (unpaired) electrons. The largest absolute Gasteiger partial charge is 0.496 e. The molecule has 0 aliphatic carbocycles. The summed E-state index contributed by atoms with van der Waals surface area (Å²) in [4.78, 5) is 26.6. The Bertz CT molecular complexity index is 666. The normalized spacial score (nSPS) is 28.3. The third-order valence-corrected chi connectivity index (χ3v) is 5.50. The number of carbonyl (C=O) groups excluding carboxylic acids is 1. The quantitative estimate of drug-likeness (QED) is 0.706. The number of amides is 1. The minimum Gasteiger partial charge on any atom is -0.496 e. The van der Waals surface area contributed by atoms with Gasteiger partial charge in [-0.15, -0.1) is 0 Å². The summed E-state index contributed by atoms with van der Waals surface area (Å²) in [5.74, 6) is -1.21. The molecule has 2 heterocycles. The fourth-order valence-electron chi connectivity index (χ4n) is 4.14. The van der Waals surface area contributed by atoms with Crippen LogP contribution in [0.3, 0.4) is 0 Å². The number of likely N-dealkylation sites (tertiary alicyclic amines) is 1. The summed E-state index contributed by atoms with van der Waals surface area (Å²) >= 11 is 0. The van der Waals surface area contributed by atoms with E-state index in [1.807, 2.05) is 24.3 Å². The summed E-state index contributed by atoms with van der Waals surface area (Å²) in [5, 5.41) is 9.71. The molecule has 26 heavy (non-hydrogen) atoms. The zero-order valence-electron chi connectivity index (χ0n) is 15.3. The van der Waals surface area contributed by atoms with E-state index >= 15 is 0 Å². The van der Waals surface area contributed by atoms with Gasteiger partial charge in [0.2, 0.25) is 5.91 Å². The maximum absolute atomic E-state index is 13.1. The standard InChI is InChI=1S/C19H27N3O4/c1-3-6-16-13(9-20-21-16)18(23)22-10-14(15(11-22)19(24)25)12-7-4-5-8-17(12)26-2/h4-5,7-8,13-16,20-21H,3,6,9-11H2,1-2H3,(H,24,25)/t13?,14-,15+,16?/m1/s1. The maximum Gasteiger partial charge on any atom is 0.308 e. The van der Waals surface area contributed by atoms with Crippen LogP contribution in [0.15, 0.2) is 24.3 Å². The summed E-state index contributed by atoms with van der Waals surface area (Å²) in [5.41, 5.74) is 7.10. The number of nitrogens with zero attached hydrogens (tertiary/aromatic N) is 1. The van der Waals surface area contributed by atoms with Gasteiger partial charge in [-0.1, -0.05) is 31.5 Å². The van der Waals surface area contributed by atoms with Crippen molar-refractivity contribution in [3.63, 3.8) is 0 Å². The molecule has 0 saturated carbocycles. The lowest BCUT2D eigenvalue weighted by molar-refractivity contribution is -0.142. The van der Waals surface area contributed by atoms with Gasteiger partial charge in [-0.05, 0) is 18.1 Å². The predicted molar refractivity (Wildman–Crippen MR) is 96.8 cm³/mol. The van der Waals surface area contributed by atoms with Crippen LogP contribution in [0.1, 0.15) is 31.2 Å². The number of carbonyl (C=O) groups is 2. The molecule has 4 atom stereocenters. The van der Waals surface area contributed by atoms with E-state index in [1.165, 1.54) is 0 Å². The molecule has 0 bridgehead atoms. The molecule has 142 valence electrons. The van der Waals surface area contributed by atoms with Crippen LogP contribution in [-0.4, -0.2) is 54.7 Å². The van der Waals surface area contributed by atoms with E-state index in [0.717, 1.165) is 18.4 Å². The molecule has 3 N–H and O–H groups in total. The minimum absolute atomic E-state index is 0.0320. The second kappa shape index (κ2) is 8.05. The van der Waals surface area contributed by atoms with Crippen LogP contribution in [0, 0.1) is 11.8 Å². The number of hydrogen-bond acceptors (Lipinski definition) is 5. The van der Waals surface area contributed by atoms with Gasteiger partial charge in [-0.25, -0.2) is 0 Å². The van der Waals surface area contributed by atoms with Gasteiger partial charge in [0.15, 0.2) is 0 Å². The third-order valence-electron chi connectivity index (χ3n) is 5.50. The highest BCUT2D eigenvalue weighted by Crippen LogP contribution is 2.38. The zero-order valence-corrected chi connectivity index (χ0v) is 15.3. The fourth-order valence-corrected chi connectivity index (χ4v) is 4.14. The van der Waals surface area contributed by atoms with E-state index < -0.39 is 11.9 Å². The molecule has 2 unspecified atom stereocenters. The smallest absolute Gasteiger partial charge is 0.308 e. The Balaban J connectivity index is 1.81. The van der Waals surface area contributed by atoms with Crippen LogP contribution in [0.5, 0.6) is 5.75 Å². The molecular weight excluding hydrogens is 334 g/mol. The zero-order chi connectivity index (χ0) is 18.7. The number of carboxylic acids is 1. The maximum atomic E-state index is 13.1. The molecule has 1 amide bonds. The molecule has 2 saturated heterocycles. The average Bonchev–Trinajstić information content (AvgIpc) is 3.28. The van der Waals surface area contributed by atoms with Crippen molar-refractivity contribution in [2.45, 2.75) is 31.7 Å². The summed E-state index contributed by atoms with van der Waals surface area (Å²) in [6, 6.07) is 7.57. The van der Waals surface area contributed by atoms with E-state index in [-0.39, 0.29) is 30.3 Å². The number of hydrogen-bond donors (Lipinski definition) is 3. The first-order valence-electron chi connectivity index (χ1n) is 9.19. The van der Waals surface area contributed by atoms with E-state index in [2.05, 4.69) is 17.8 Å².